The predicted octanol–water partition coefficient (Wildman–Crippen LogP) is 18.2. The Hall–Kier alpha value is -9.91. The molecule has 0 unspecified atom stereocenters. The number of nitrogens with zero attached hydrogens (tertiary/aromatic N) is 6. The van der Waals surface area contributed by atoms with Crippen molar-refractivity contribution >= 4 is 65.5 Å². The van der Waals surface area contributed by atoms with Crippen LogP contribution in [0.1, 0.15) is 13.8 Å². The molecular formula is C69H52N6. The van der Waals surface area contributed by atoms with Crippen LogP contribution >= 0.6 is 0 Å². The first-order valence-corrected chi connectivity index (χ1v) is 25.5. The van der Waals surface area contributed by atoms with Crippen molar-refractivity contribution in [3.05, 3.63) is 268 Å². The van der Waals surface area contributed by atoms with E-state index in [-0.39, 0.29) is 0 Å². The van der Waals surface area contributed by atoms with Gasteiger partial charge in [0.25, 0.3) is 0 Å². The molecule has 0 saturated carbocycles. The number of fused-ring (bicyclic) bond motifs is 9. The van der Waals surface area contributed by atoms with E-state index in [2.05, 4.69) is 257 Å². The SMILES string of the molecule is C=CC=C.CC.c1ccc(-c2cc(-n3c4ccccc4c4cc(-c5ccc6c(c5)c5ccccc5n6-c5cccc(-c6ccc7c(c6)c6ncccc6n7-c6ccccc6)n5)ccc43)cc(-c3ccccc3)n2)cc1. The third-order valence-corrected chi connectivity index (χ3v) is 13.8. The summed E-state index contributed by atoms with van der Waals surface area (Å²) in [6, 6.07) is 84.2. The van der Waals surface area contributed by atoms with E-state index < -0.39 is 0 Å². The zero-order valence-corrected chi connectivity index (χ0v) is 41.8. The first kappa shape index (κ1) is 46.2. The van der Waals surface area contributed by atoms with Gasteiger partial charge in [-0.3, -0.25) is 9.55 Å². The van der Waals surface area contributed by atoms with Gasteiger partial charge in [-0.1, -0.05) is 179 Å². The van der Waals surface area contributed by atoms with Crippen LogP contribution in [0.3, 0.4) is 0 Å². The summed E-state index contributed by atoms with van der Waals surface area (Å²) < 4.78 is 6.99. The zero-order chi connectivity index (χ0) is 50.8. The summed E-state index contributed by atoms with van der Waals surface area (Å²) in [5.74, 6) is 0.868. The average Bonchev–Trinajstić information content (AvgIpc) is 4.14. The molecule has 0 aliphatic rings. The molecule has 0 aliphatic heterocycles. The highest BCUT2D eigenvalue weighted by molar-refractivity contribution is 6.13. The van der Waals surface area contributed by atoms with E-state index in [0.717, 1.165) is 106 Å². The molecule has 14 aromatic rings. The normalized spacial score (nSPS) is 11.2. The zero-order valence-electron chi connectivity index (χ0n) is 41.8. The molecule has 14 rings (SSSR count). The van der Waals surface area contributed by atoms with E-state index >= 15 is 0 Å². The summed E-state index contributed by atoms with van der Waals surface area (Å²) >= 11 is 0. The Bertz CT molecular complexity index is 4350. The minimum absolute atomic E-state index is 0.868. The van der Waals surface area contributed by atoms with Crippen molar-refractivity contribution < 1.29 is 0 Å². The van der Waals surface area contributed by atoms with Gasteiger partial charge < -0.3 is 9.13 Å². The smallest absolute Gasteiger partial charge is 0.138 e. The maximum Gasteiger partial charge on any atom is 0.138 e. The second kappa shape index (κ2) is 19.9. The summed E-state index contributed by atoms with van der Waals surface area (Å²) in [7, 11) is 0. The molecule has 0 atom stereocenters. The summed E-state index contributed by atoms with van der Waals surface area (Å²) in [6.07, 6.45) is 5.15. The molecule has 6 aromatic heterocycles. The molecule has 358 valence electrons. The van der Waals surface area contributed by atoms with Crippen LogP contribution in [0, 0.1) is 0 Å². The van der Waals surface area contributed by atoms with Crippen LogP contribution in [0.25, 0.3) is 128 Å². The minimum Gasteiger partial charge on any atom is -0.309 e. The molecule has 0 N–H and O–H groups in total. The number of hydrogen-bond donors (Lipinski definition) is 0. The number of aromatic nitrogens is 6. The van der Waals surface area contributed by atoms with Crippen LogP contribution in [0.15, 0.2) is 268 Å². The molecule has 0 amide bonds. The highest BCUT2D eigenvalue weighted by Crippen LogP contribution is 2.40. The fourth-order valence-corrected chi connectivity index (χ4v) is 10.5. The number of hydrogen-bond acceptors (Lipinski definition) is 3. The van der Waals surface area contributed by atoms with Crippen molar-refractivity contribution in [2.24, 2.45) is 0 Å². The molecule has 6 heterocycles. The third kappa shape index (κ3) is 8.25. The highest BCUT2D eigenvalue weighted by atomic mass is 15.1. The van der Waals surface area contributed by atoms with Gasteiger partial charge in [-0.2, -0.15) is 0 Å². The lowest BCUT2D eigenvalue weighted by Crippen LogP contribution is -1.98. The molecular weight excluding hydrogens is 913 g/mol. The molecule has 0 aliphatic carbocycles. The Kier molecular flexibility index (Phi) is 12.3. The van der Waals surface area contributed by atoms with Crippen LogP contribution in [0.5, 0.6) is 0 Å². The van der Waals surface area contributed by atoms with Crippen LogP contribution in [0.2, 0.25) is 0 Å². The average molecular weight is 965 g/mol. The number of rotatable bonds is 8. The molecule has 0 radical (unpaired) electrons. The van der Waals surface area contributed by atoms with E-state index in [9.17, 15) is 0 Å². The third-order valence-electron chi connectivity index (χ3n) is 13.8. The summed E-state index contributed by atoms with van der Waals surface area (Å²) in [6.45, 7) is 10.7. The lowest BCUT2D eigenvalue weighted by molar-refractivity contribution is 1.08. The Morgan fingerprint density at radius 2 is 0.787 bits per heavy atom. The van der Waals surface area contributed by atoms with Crippen LogP contribution in [0.4, 0.5) is 0 Å². The van der Waals surface area contributed by atoms with Crippen molar-refractivity contribution in [3.8, 4) is 62.1 Å². The topological polar surface area (TPSA) is 53.5 Å². The van der Waals surface area contributed by atoms with Gasteiger partial charge in [0.1, 0.15) is 5.82 Å². The fourth-order valence-electron chi connectivity index (χ4n) is 10.5. The van der Waals surface area contributed by atoms with Crippen LogP contribution in [-0.4, -0.2) is 28.7 Å². The number of para-hydroxylation sites is 3. The van der Waals surface area contributed by atoms with Gasteiger partial charge in [0.2, 0.25) is 0 Å². The van der Waals surface area contributed by atoms with Crippen molar-refractivity contribution in [1.82, 2.24) is 28.7 Å². The standard InChI is InChI=1S/C63H40N6.C4H6.C2H6/c1-4-16-41(17-5-1)54-39-47(40-55(65-54)42-18-6-2-7-19-42)68-56-25-12-10-22-48(56)50-36-43(29-32-58(50)68)44-30-33-59-51(37-44)49-23-11-13-26-57(49)69(59)62-28-14-24-53(66-62)45-31-34-60-52(38-45)63-61(27-15-35-64-63)67(60)46-20-8-3-9-21-46;1-3-4-2;1-2/h1-40H;3-4H,1-2H2;1-2H3. The molecule has 75 heavy (non-hydrogen) atoms. The van der Waals surface area contributed by atoms with E-state index in [1.54, 1.807) is 12.2 Å². The van der Waals surface area contributed by atoms with Crippen molar-refractivity contribution in [1.29, 1.82) is 0 Å². The maximum absolute atomic E-state index is 5.38. The monoisotopic (exact) mass is 964 g/mol. The largest absolute Gasteiger partial charge is 0.309 e. The van der Waals surface area contributed by atoms with Gasteiger partial charge in [0, 0.05) is 55.5 Å². The highest BCUT2D eigenvalue weighted by Gasteiger charge is 2.20. The molecule has 0 fully saturated rings. The van der Waals surface area contributed by atoms with Gasteiger partial charge in [0.05, 0.1) is 61.4 Å². The predicted molar refractivity (Wildman–Crippen MR) is 316 cm³/mol. The van der Waals surface area contributed by atoms with E-state index in [0.29, 0.717) is 0 Å². The Morgan fingerprint density at radius 1 is 0.320 bits per heavy atom. The van der Waals surface area contributed by atoms with Gasteiger partial charge in [-0.05, 0) is 108 Å². The minimum atomic E-state index is 0.868. The Labute approximate surface area is 436 Å². The number of pyridine rings is 3. The van der Waals surface area contributed by atoms with Gasteiger partial charge in [-0.25, -0.2) is 9.97 Å². The molecule has 8 aromatic carbocycles. The van der Waals surface area contributed by atoms with Crippen molar-refractivity contribution in [3.63, 3.8) is 0 Å². The van der Waals surface area contributed by atoms with Gasteiger partial charge in [-0.15, -0.1) is 0 Å². The summed E-state index contributed by atoms with van der Waals surface area (Å²) in [5, 5.41) is 5.86. The summed E-state index contributed by atoms with van der Waals surface area (Å²) in [4.78, 5) is 15.4. The molecule has 6 heteroatoms. The number of allylic oxidation sites excluding steroid dienone is 2. The van der Waals surface area contributed by atoms with Gasteiger partial charge >= 0.3 is 0 Å². The first-order valence-electron chi connectivity index (χ1n) is 25.5. The first-order chi connectivity index (χ1) is 37.1. The van der Waals surface area contributed by atoms with Crippen LogP contribution < -0.4 is 0 Å². The lowest BCUT2D eigenvalue weighted by Gasteiger charge is -2.13. The lowest BCUT2D eigenvalue weighted by atomic mass is 10.0. The summed E-state index contributed by atoms with van der Waals surface area (Å²) in [5.41, 5.74) is 18.2. The van der Waals surface area contributed by atoms with E-state index in [1.165, 1.54) is 21.5 Å². The molecule has 0 spiro atoms. The maximum atomic E-state index is 5.38. The van der Waals surface area contributed by atoms with Crippen molar-refractivity contribution in [2.75, 3.05) is 0 Å². The molecule has 0 bridgehead atoms. The number of benzene rings is 8. The quantitative estimate of drug-likeness (QED) is 0.143. The Morgan fingerprint density at radius 3 is 1.39 bits per heavy atom. The van der Waals surface area contributed by atoms with Crippen molar-refractivity contribution in [2.45, 2.75) is 13.8 Å². The van der Waals surface area contributed by atoms with Crippen LogP contribution in [-0.2, 0) is 0 Å². The van der Waals surface area contributed by atoms with E-state index in [4.69, 9.17) is 15.0 Å². The Balaban J connectivity index is 0.000000908. The molecule has 6 nitrogen and oxygen atoms in total. The second-order valence-electron chi connectivity index (χ2n) is 18.1. The van der Waals surface area contributed by atoms with E-state index in [1.807, 2.05) is 26.1 Å². The molecule has 0 saturated heterocycles. The fraction of sp³-hybridized carbons (Fsp3) is 0.0290. The van der Waals surface area contributed by atoms with Gasteiger partial charge in [0.15, 0.2) is 0 Å². The second-order valence-corrected chi connectivity index (χ2v) is 18.1.